The van der Waals surface area contributed by atoms with Gasteiger partial charge in [-0.1, -0.05) is 30.7 Å². The number of para-hydroxylation sites is 1. The number of halogens is 1. The molecule has 80 valence electrons. The van der Waals surface area contributed by atoms with Gasteiger partial charge in [-0.3, -0.25) is 0 Å². The molecule has 2 heterocycles. The van der Waals surface area contributed by atoms with Crippen molar-refractivity contribution in [3.8, 4) is 0 Å². The van der Waals surface area contributed by atoms with Crippen LogP contribution in [0.25, 0.3) is 0 Å². The van der Waals surface area contributed by atoms with Gasteiger partial charge < -0.3 is 10.6 Å². The fourth-order valence-electron chi connectivity index (χ4n) is 2.87. The molecule has 3 heteroatoms. The number of nitrogens with one attached hydrogen (secondary N) is 2. The molecule has 0 aromatic heterocycles. The van der Waals surface area contributed by atoms with E-state index >= 15 is 0 Å². The highest BCUT2D eigenvalue weighted by atomic mass is 35.5. The smallest absolute Gasteiger partial charge is 0.0640 e. The Balaban J connectivity index is 2.14. The van der Waals surface area contributed by atoms with Crippen molar-refractivity contribution in [1.29, 1.82) is 0 Å². The maximum atomic E-state index is 6.21. The Hall–Kier alpha value is -0.730. The monoisotopic (exact) mass is 222 g/mol. The van der Waals surface area contributed by atoms with Gasteiger partial charge in [-0.2, -0.15) is 0 Å². The zero-order chi connectivity index (χ0) is 10.5. The van der Waals surface area contributed by atoms with Crippen LogP contribution in [0.5, 0.6) is 0 Å². The molecule has 15 heavy (non-hydrogen) atoms. The van der Waals surface area contributed by atoms with Crippen molar-refractivity contribution in [2.24, 2.45) is 0 Å². The maximum absolute atomic E-state index is 6.21. The Labute approximate surface area is 95.0 Å². The highest BCUT2D eigenvalue weighted by molar-refractivity contribution is 6.33. The van der Waals surface area contributed by atoms with Crippen molar-refractivity contribution >= 4 is 17.3 Å². The first-order chi connectivity index (χ1) is 7.22. The molecular formula is C12H15ClN2. The van der Waals surface area contributed by atoms with E-state index in [1.165, 1.54) is 12.0 Å². The van der Waals surface area contributed by atoms with E-state index in [4.69, 9.17) is 11.6 Å². The summed E-state index contributed by atoms with van der Waals surface area (Å²) in [6.07, 6.45) is 1.17. The second kappa shape index (κ2) is 3.13. The van der Waals surface area contributed by atoms with Gasteiger partial charge in [0.05, 0.1) is 10.7 Å². The molecule has 0 saturated carbocycles. The van der Waals surface area contributed by atoms with Gasteiger partial charge >= 0.3 is 0 Å². The highest BCUT2D eigenvalue weighted by Crippen LogP contribution is 2.45. The maximum Gasteiger partial charge on any atom is 0.0640 e. The molecule has 0 spiro atoms. The minimum Gasteiger partial charge on any atom is -0.380 e. The van der Waals surface area contributed by atoms with Crippen molar-refractivity contribution in [3.05, 3.63) is 28.8 Å². The van der Waals surface area contributed by atoms with Crippen molar-refractivity contribution in [3.63, 3.8) is 0 Å². The van der Waals surface area contributed by atoms with Crippen LogP contribution in [-0.4, -0.2) is 19.1 Å². The van der Waals surface area contributed by atoms with E-state index in [1.54, 1.807) is 0 Å². The molecule has 0 aliphatic carbocycles. The molecule has 0 amide bonds. The zero-order valence-corrected chi connectivity index (χ0v) is 9.56. The zero-order valence-electron chi connectivity index (χ0n) is 8.81. The number of piperidine rings is 1. The molecule has 2 nitrogen and oxygen atoms in total. The van der Waals surface area contributed by atoms with Gasteiger partial charge in [0.15, 0.2) is 0 Å². The highest BCUT2D eigenvalue weighted by Gasteiger charge is 2.44. The summed E-state index contributed by atoms with van der Waals surface area (Å²) in [5.74, 6) is 0. The minimum atomic E-state index is 0.207. The lowest BCUT2D eigenvalue weighted by atomic mass is 9.75. The normalized spacial score (nSPS) is 33.1. The predicted molar refractivity (Wildman–Crippen MR) is 63.7 cm³/mol. The van der Waals surface area contributed by atoms with Crippen LogP contribution in [0.4, 0.5) is 5.69 Å². The van der Waals surface area contributed by atoms with Crippen molar-refractivity contribution in [1.82, 2.24) is 5.32 Å². The van der Waals surface area contributed by atoms with E-state index in [0.717, 1.165) is 23.8 Å². The molecule has 2 aliphatic rings. The third-order valence-electron chi connectivity index (χ3n) is 3.82. The molecule has 1 fully saturated rings. The number of hydrogen-bond donors (Lipinski definition) is 2. The van der Waals surface area contributed by atoms with Gasteiger partial charge in [-0.05, 0) is 24.6 Å². The number of rotatable bonds is 0. The fourth-order valence-corrected chi connectivity index (χ4v) is 3.10. The van der Waals surface area contributed by atoms with Crippen LogP contribution in [0.15, 0.2) is 18.2 Å². The fraction of sp³-hybridized carbons (Fsp3) is 0.500. The predicted octanol–water partition coefficient (Wildman–Crippen LogP) is 2.39. The van der Waals surface area contributed by atoms with E-state index in [9.17, 15) is 0 Å². The molecule has 2 aliphatic heterocycles. The molecule has 0 unspecified atom stereocenters. The Morgan fingerprint density at radius 2 is 2.33 bits per heavy atom. The van der Waals surface area contributed by atoms with Crippen LogP contribution in [-0.2, 0) is 5.41 Å². The summed E-state index contributed by atoms with van der Waals surface area (Å²) in [4.78, 5) is 0. The molecule has 2 atom stereocenters. The summed E-state index contributed by atoms with van der Waals surface area (Å²) in [6, 6.07) is 6.74. The Morgan fingerprint density at radius 1 is 1.47 bits per heavy atom. The van der Waals surface area contributed by atoms with E-state index in [1.807, 2.05) is 12.1 Å². The second-order valence-electron chi connectivity index (χ2n) is 4.74. The lowest BCUT2D eigenvalue weighted by Gasteiger charge is -2.36. The summed E-state index contributed by atoms with van der Waals surface area (Å²) in [5, 5.41) is 7.90. The van der Waals surface area contributed by atoms with Gasteiger partial charge in [0.1, 0.15) is 0 Å². The Bertz CT molecular complexity index is 405. The lowest BCUT2D eigenvalue weighted by Crippen LogP contribution is -2.50. The average Bonchev–Trinajstić information content (AvgIpc) is 2.53. The van der Waals surface area contributed by atoms with Crippen molar-refractivity contribution in [2.75, 3.05) is 18.4 Å². The molecule has 0 radical (unpaired) electrons. The Morgan fingerprint density at radius 3 is 3.20 bits per heavy atom. The average molecular weight is 223 g/mol. The van der Waals surface area contributed by atoms with Crippen LogP contribution < -0.4 is 10.6 Å². The molecule has 0 bridgehead atoms. The summed E-state index contributed by atoms with van der Waals surface area (Å²) in [6.45, 7) is 4.45. The van der Waals surface area contributed by atoms with Crippen LogP contribution in [0.2, 0.25) is 5.02 Å². The van der Waals surface area contributed by atoms with Crippen LogP contribution in [0.1, 0.15) is 18.9 Å². The SMILES string of the molecule is C[C@@]12CNCC[C@@H]1Nc1c(Cl)cccc12. The van der Waals surface area contributed by atoms with E-state index in [0.29, 0.717) is 6.04 Å². The minimum absolute atomic E-state index is 0.207. The molecule has 1 aromatic carbocycles. The van der Waals surface area contributed by atoms with Gasteiger partial charge in [-0.15, -0.1) is 0 Å². The van der Waals surface area contributed by atoms with E-state index < -0.39 is 0 Å². The van der Waals surface area contributed by atoms with Crippen LogP contribution >= 0.6 is 11.6 Å². The largest absolute Gasteiger partial charge is 0.380 e. The summed E-state index contributed by atoms with van der Waals surface area (Å²) in [7, 11) is 0. The number of hydrogen-bond acceptors (Lipinski definition) is 2. The molecule has 3 rings (SSSR count). The summed E-state index contributed by atoms with van der Waals surface area (Å²) in [5.41, 5.74) is 2.72. The quantitative estimate of drug-likeness (QED) is 0.705. The van der Waals surface area contributed by atoms with Gasteiger partial charge in [-0.25, -0.2) is 0 Å². The third-order valence-corrected chi connectivity index (χ3v) is 4.13. The van der Waals surface area contributed by atoms with E-state index in [2.05, 4.69) is 23.6 Å². The topological polar surface area (TPSA) is 24.1 Å². The van der Waals surface area contributed by atoms with Crippen molar-refractivity contribution < 1.29 is 0 Å². The Kier molecular flexibility index (Phi) is 1.98. The van der Waals surface area contributed by atoms with Gasteiger partial charge in [0, 0.05) is 18.0 Å². The van der Waals surface area contributed by atoms with Crippen molar-refractivity contribution in [2.45, 2.75) is 24.8 Å². The molecule has 2 N–H and O–H groups in total. The van der Waals surface area contributed by atoms with Crippen LogP contribution in [0, 0.1) is 0 Å². The first-order valence-corrected chi connectivity index (χ1v) is 5.86. The van der Waals surface area contributed by atoms with E-state index in [-0.39, 0.29) is 5.41 Å². The molecular weight excluding hydrogens is 208 g/mol. The van der Waals surface area contributed by atoms with Crippen LogP contribution in [0.3, 0.4) is 0 Å². The van der Waals surface area contributed by atoms with Gasteiger partial charge in [0.25, 0.3) is 0 Å². The number of anilines is 1. The third kappa shape index (κ3) is 1.21. The second-order valence-corrected chi connectivity index (χ2v) is 5.15. The first kappa shape index (κ1) is 9.49. The summed E-state index contributed by atoms with van der Waals surface area (Å²) >= 11 is 6.21. The summed E-state index contributed by atoms with van der Waals surface area (Å²) < 4.78 is 0. The molecule has 1 aromatic rings. The first-order valence-electron chi connectivity index (χ1n) is 5.48. The number of benzene rings is 1. The standard InChI is InChI=1S/C12H15ClN2/c1-12-7-14-6-5-10(12)15-11-8(12)3-2-4-9(11)13/h2-4,10,14-15H,5-7H2,1H3/t10-,12-/m0/s1. The van der Waals surface area contributed by atoms with Gasteiger partial charge in [0.2, 0.25) is 0 Å². The molecule has 1 saturated heterocycles. The number of fused-ring (bicyclic) bond motifs is 3. The lowest BCUT2D eigenvalue weighted by molar-refractivity contribution is 0.324.